The lowest BCUT2D eigenvalue weighted by molar-refractivity contribution is -0.144. The standard InChI is InChI=1S/C19H22N2O3/c1-20-11-3-9-19(18(20)24)10-4-12-21(19)17(23)15-6-2-5-14-13(15)7-8-16(14)22/h2,5-6H,3-4,7-12H2,1H3. The molecule has 126 valence electrons. The van der Waals surface area contributed by atoms with Crippen LogP contribution >= 0.6 is 0 Å². The Morgan fingerprint density at radius 2 is 1.83 bits per heavy atom. The third-order valence-electron chi connectivity index (χ3n) is 5.87. The fourth-order valence-corrected chi connectivity index (χ4v) is 4.67. The molecule has 2 heterocycles. The number of fused-ring (bicyclic) bond motifs is 1. The molecule has 0 bridgehead atoms. The zero-order valence-corrected chi connectivity index (χ0v) is 14.0. The van der Waals surface area contributed by atoms with Crippen molar-refractivity contribution in [3.8, 4) is 0 Å². The summed E-state index contributed by atoms with van der Waals surface area (Å²) < 4.78 is 0. The number of likely N-dealkylation sites (N-methyl/N-ethyl adjacent to an activating group) is 1. The number of hydrogen-bond acceptors (Lipinski definition) is 3. The summed E-state index contributed by atoms with van der Waals surface area (Å²) in [6.45, 7) is 1.38. The quantitative estimate of drug-likeness (QED) is 0.793. The summed E-state index contributed by atoms with van der Waals surface area (Å²) in [5.74, 6) is 0.107. The number of amides is 2. The van der Waals surface area contributed by atoms with Crippen molar-refractivity contribution in [1.82, 2.24) is 9.80 Å². The average molecular weight is 326 g/mol. The largest absolute Gasteiger partial charge is 0.344 e. The molecule has 1 unspecified atom stereocenters. The average Bonchev–Trinajstić information content (AvgIpc) is 3.17. The lowest BCUT2D eigenvalue weighted by Gasteiger charge is -2.43. The molecule has 1 aliphatic carbocycles. The van der Waals surface area contributed by atoms with Gasteiger partial charge in [0.05, 0.1) is 0 Å². The van der Waals surface area contributed by atoms with E-state index in [9.17, 15) is 14.4 Å². The highest BCUT2D eigenvalue weighted by Gasteiger charge is 2.52. The number of benzene rings is 1. The van der Waals surface area contributed by atoms with Gasteiger partial charge in [0, 0.05) is 37.7 Å². The van der Waals surface area contributed by atoms with E-state index in [1.807, 2.05) is 13.1 Å². The van der Waals surface area contributed by atoms with Crippen LogP contribution in [-0.4, -0.2) is 53.1 Å². The van der Waals surface area contributed by atoms with E-state index in [-0.39, 0.29) is 17.6 Å². The van der Waals surface area contributed by atoms with Crippen molar-refractivity contribution in [1.29, 1.82) is 0 Å². The van der Waals surface area contributed by atoms with Crippen LogP contribution in [0.3, 0.4) is 0 Å². The molecule has 3 aliphatic rings. The minimum absolute atomic E-state index is 0.0725. The molecular weight excluding hydrogens is 304 g/mol. The number of nitrogens with zero attached hydrogens (tertiary/aromatic N) is 2. The fraction of sp³-hybridized carbons (Fsp3) is 0.526. The number of Topliss-reactive ketones (excluding diaryl/α,β-unsaturated/α-hetero) is 1. The van der Waals surface area contributed by atoms with Crippen molar-refractivity contribution in [2.24, 2.45) is 0 Å². The highest BCUT2D eigenvalue weighted by atomic mass is 16.2. The second kappa shape index (κ2) is 5.43. The number of ketones is 1. The number of rotatable bonds is 1. The molecule has 1 aromatic rings. The van der Waals surface area contributed by atoms with E-state index in [0.29, 0.717) is 30.5 Å². The van der Waals surface area contributed by atoms with Crippen LogP contribution in [0.15, 0.2) is 18.2 Å². The minimum atomic E-state index is -0.671. The Kier molecular flexibility index (Phi) is 3.48. The highest BCUT2D eigenvalue weighted by molar-refractivity contribution is 6.07. The van der Waals surface area contributed by atoms with Gasteiger partial charge in [-0.2, -0.15) is 0 Å². The Morgan fingerprint density at radius 3 is 2.62 bits per heavy atom. The first-order chi connectivity index (χ1) is 11.5. The van der Waals surface area contributed by atoms with Gasteiger partial charge in [0.25, 0.3) is 5.91 Å². The molecule has 1 spiro atoms. The van der Waals surface area contributed by atoms with Gasteiger partial charge >= 0.3 is 0 Å². The zero-order chi connectivity index (χ0) is 16.9. The van der Waals surface area contributed by atoms with Gasteiger partial charge in [0.2, 0.25) is 5.91 Å². The number of hydrogen-bond donors (Lipinski definition) is 0. The first-order valence-electron chi connectivity index (χ1n) is 8.77. The van der Waals surface area contributed by atoms with E-state index >= 15 is 0 Å². The van der Waals surface area contributed by atoms with Gasteiger partial charge in [-0.1, -0.05) is 12.1 Å². The van der Waals surface area contributed by atoms with Crippen LogP contribution in [0.25, 0.3) is 0 Å². The molecule has 0 N–H and O–H groups in total. The smallest absolute Gasteiger partial charge is 0.255 e. The lowest BCUT2D eigenvalue weighted by atomic mass is 9.85. The Labute approximate surface area is 141 Å². The van der Waals surface area contributed by atoms with Crippen LogP contribution in [-0.2, 0) is 11.2 Å². The Balaban J connectivity index is 1.73. The van der Waals surface area contributed by atoms with Crippen LogP contribution in [0.1, 0.15) is 58.4 Å². The predicted octanol–water partition coefficient (Wildman–Crippen LogP) is 2.04. The molecular formula is C19H22N2O3. The highest BCUT2D eigenvalue weighted by Crippen LogP contribution is 2.39. The van der Waals surface area contributed by atoms with Crippen LogP contribution in [0.5, 0.6) is 0 Å². The SMILES string of the molecule is CN1CCCC2(CCCN2C(=O)c2cccc3c2CCC3=O)C1=O. The van der Waals surface area contributed by atoms with Gasteiger partial charge in [-0.3, -0.25) is 14.4 Å². The molecule has 2 amide bonds. The Hall–Kier alpha value is -2.17. The second-order valence-electron chi connectivity index (χ2n) is 7.18. The van der Waals surface area contributed by atoms with E-state index in [2.05, 4.69) is 0 Å². The zero-order valence-electron chi connectivity index (χ0n) is 14.0. The first-order valence-corrected chi connectivity index (χ1v) is 8.77. The van der Waals surface area contributed by atoms with Gasteiger partial charge in [-0.15, -0.1) is 0 Å². The maximum absolute atomic E-state index is 13.3. The molecule has 0 saturated carbocycles. The molecule has 2 aliphatic heterocycles. The van der Waals surface area contributed by atoms with Gasteiger partial charge in [0.15, 0.2) is 5.78 Å². The summed E-state index contributed by atoms with van der Waals surface area (Å²) in [6, 6.07) is 5.40. The second-order valence-corrected chi connectivity index (χ2v) is 7.18. The number of carbonyl (C=O) groups is 3. The van der Waals surface area contributed by atoms with Crippen molar-refractivity contribution in [3.63, 3.8) is 0 Å². The van der Waals surface area contributed by atoms with Crippen molar-refractivity contribution < 1.29 is 14.4 Å². The van der Waals surface area contributed by atoms with E-state index in [1.54, 1.807) is 21.9 Å². The lowest BCUT2D eigenvalue weighted by Crippen LogP contribution is -2.60. The molecule has 5 nitrogen and oxygen atoms in total. The summed E-state index contributed by atoms with van der Waals surface area (Å²) >= 11 is 0. The topological polar surface area (TPSA) is 57.7 Å². The monoisotopic (exact) mass is 326 g/mol. The first kappa shape index (κ1) is 15.4. The molecule has 2 fully saturated rings. The summed E-state index contributed by atoms with van der Waals surface area (Å²) in [5, 5.41) is 0. The number of piperidine rings is 1. The van der Waals surface area contributed by atoms with E-state index in [0.717, 1.165) is 37.8 Å². The summed E-state index contributed by atoms with van der Waals surface area (Å²) in [5.41, 5.74) is 1.49. The third kappa shape index (κ3) is 2.03. The van der Waals surface area contributed by atoms with Crippen LogP contribution < -0.4 is 0 Å². The van der Waals surface area contributed by atoms with Gasteiger partial charge in [-0.05, 0) is 43.7 Å². The fourth-order valence-electron chi connectivity index (χ4n) is 4.67. The summed E-state index contributed by atoms with van der Waals surface area (Å²) in [4.78, 5) is 41.7. The van der Waals surface area contributed by atoms with Crippen LogP contribution in [0, 0.1) is 0 Å². The predicted molar refractivity (Wildman–Crippen MR) is 89.0 cm³/mol. The summed E-state index contributed by atoms with van der Waals surface area (Å²) in [6.07, 6.45) is 4.39. The van der Waals surface area contributed by atoms with E-state index < -0.39 is 5.54 Å². The molecule has 0 radical (unpaired) electrons. The van der Waals surface area contributed by atoms with Crippen molar-refractivity contribution in [2.75, 3.05) is 20.1 Å². The maximum atomic E-state index is 13.3. The summed E-state index contributed by atoms with van der Waals surface area (Å²) in [7, 11) is 1.82. The molecule has 5 heteroatoms. The van der Waals surface area contributed by atoms with Gasteiger partial charge in [0.1, 0.15) is 5.54 Å². The molecule has 0 aromatic heterocycles. The minimum Gasteiger partial charge on any atom is -0.344 e. The molecule has 2 saturated heterocycles. The maximum Gasteiger partial charge on any atom is 0.255 e. The van der Waals surface area contributed by atoms with E-state index in [1.165, 1.54) is 0 Å². The number of likely N-dealkylation sites (tertiary alicyclic amines) is 2. The van der Waals surface area contributed by atoms with Crippen molar-refractivity contribution >= 4 is 17.6 Å². The van der Waals surface area contributed by atoms with Gasteiger partial charge in [-0.25, -0.2) is 0 Å². The Bertz CT molecular complexity index is 742. The van der Waals surface area contributed by atoms with Crippen LogP contribution in [0.4, 0.5) is 0 Å². The molecule has 1 aromatic carbocycles. The van der Waals surface area contributed by atoms with Gasteiger partial charge < -0.3 is 9.80 Å². The van der Waals surface area contributed by atoms with Crippen molar-refractivity contribution in [2.45, 2.75) is 44.1 Å². The van der Waals surface area contributed by atoms with Crippen LogP contribution in [0.2, 0.25) is 0 Å². The molecule has 4 rings (SSSR count). The third-order valence-corrected chi connectivity index (χ3v) is 5.87. The molecule has 1 atom stereocenters. The molecule has 24 heavy (non-hydrogen) atoms. The van der Waals surface area contributed by atoms with Crippen molar-refractivity contribution in [3.05, 3.63) is 34.9 Å². The Morgan fingerprint density at radius 1 is 1.08 bits per heavy atom. The normalized spacial score (nSPS) is 26.4. The number of carbonyl (C=O) groups excluding carboxylic acids is 3. The van der Waals surface area contributed by atoms with E-state index in [4.69, 9.17) is 0 Å².